The van der Waals surface area contributed by atoms with Crippen LogP contribution in [0.4, 0.5) is 0 Å². The maximum absolute atomic E-state index is 2.39. The highest BCUT2D eigenvalue weighted by Crippen LogP contribution is 2.46. The van der Waals surface area contributed by atoms with Crippen LogP contribution in [0.3, 0.4) is 0 Å². The monoisotopic (exact) mass is 490 g/mol. The van der Waals surface area contributed by atoms with Crippen LogP contribution in [0.25, 0.3) is 54.9 Å². The van der Waals surface area contributed by atoms with Crippen LogP contribution >= 0.6 is 0 Å². The fourth-order valence-electron chi connectivity index (χ4n) is 6.16. The van der Waals surface area contributed by atoms with Crippen LogP contribution in [0.2, 0.25) is 0 Å². The summed E-state index contributed by atoms with van der Waals surface area (Å²) in [5.41, 5.74) is 15.9. The smallest absolute Gasteiger partial charge is 0.00608 e. The zero-order chi connectivity index (χ0) is 26.6. The lowest BCUT2D eigenvalue weighted by atomic mass is 9.81. The van der Waals surface area contributed by atoms with Crippen LogP contribution in [0.5, 0.6) is 0 Å². The van der Waals surface area contributed by atoms with E-state index in [1.807, 2.05) is 0 Å². The molecule has 0 saturated carbocycles. The van der Waals surface area contributed by atoms with Gasteiger partial charge in [-0.25, -0.2) is 0 Å². The predicted molar refractivity (Wildman–Crippen MR) is 166 cm³/mol. The van der Waals surface area contributed by atoms with Crippen molar-refractivity contribution in [2.75, 3.05) is 0 Å². The molecule has 0 spiro atoms. The highest BCUT2D eigenvalue weighted by Gasteiger charge is 2.21. The van der Waals surface area contributed by atoms with Crippen molar-refractivity contribution in [3.8, 4) is 33.4 Å². The molecule has 186 valence electrons. The molecule has 6 aromatic carbocycles. The Hall–Kier alpha value is -4.16. The zero-order valence-electron chi connectivity index (χ0n) is 23.2. The molecule has 0 unspecified atom stereocenters. The van der Waals surface area contributed by atoms with Gasteiger partial charge in [0.25, 0.3) is 0 Å². The molecule has 6 aromatic rings. The van der Waals surface area contributed by atoms with Crippen LogP contribution in [0.15, 0.2) is 97.1 Å². The van der Waals surface area contributed by atoms with Crippen LogP contribution < -0.4 is 0 Å². The van der Waals surface area contributed by atoms with Crippen molar-refractivity contribution in [1.82, 2.24) is 0 Å². The number of hydrogen-bond donors (Lipinski definition) is 0. The molecule has 0 aliphatic rings. The number of benzene rings is 6. The quantitative estimate of drug-likeness (QED) is 0.231. The van der Waals surface area contributed by atoms with E-state index in [0.717, 1.165) is 0 Å². The Morgan fingerprint density at radius 3 is 1.18 bits per heavy atom. The van der Waals surface area contributed by atoms with Crippen molar-refractivity contribution in [3.63, 3.8) is 0 Å². The van der Waals surface area contributed by atoms with E-state index in [-0.39, 0.29) is 0 Å². The van der Waals surface area contributed by atoms with E-state index in [1.54, 1.807) is 0 Å². The van der Waals surface area contributed by atoms with Crippen LogP contribution in [0, 0.1) is 41.5 Å². The fourth-order valence-corrected chi connectivity index (χ4v) is 6.16. The van der Waals surface area contributed by atoms with Gasteiger partial charge in [0.2, 0.25) is 0 Å². The molecule has 0 N–H and O–H groups in total. The number of aryl methyl sites for hydroxylation is 4. The van der Waals surface area contributed by atoms with Gasteiger partial charge in [-0.1, -0.05) is 96.1 Å². The summed E-state index contributed by atoms with van der Waals surface area (Å²) in [4.78, 5) is 0. The maximum Gasteiger partial charge on any atom is -0.00608 e. The van der Waals surface area contributed by atoms with E-state index in [9.17, 15) is 0 Å². The summed E-state index contributed by atoms with van der Waals surface area (Å²) in [6.45, 7) is 13.5. The molecular formula is C38H34. The summed E-state index contributed by atoms with van der Waals surface area (Å²) in [6.07, 6.45) is 0. The minimum absolute atomic E-state index is 1.28. The topological polar surface area (TPSA) is 0 Å². The summed E-state index contributed by atoms with van der Waals surface area (Å²) in [5, 5.41) is 5.19. The molecule has 0 aromatic heterocycles. The zero-order valence-corrected chi connectivity index (χ0v) is 23.2. The van der Waals surface area contributed by atoms with Gasteiger partial charge in [-0.2, -0.15) is 0 Å². The summed E-state index contributed by atoms with van der Waals surface area (Å²) >= 11 is 0. The Kier molecular flexibility index (Phi) is 5.92. The van der Waals surface area contributed by atoms with Crippen molar-refractivity contribution in [3.05, 3.63) is 130 Å². The number of rotatable bonds is 3. The highest BCUT2D eigenvalue weighted by molar-refractivity contribution is 6.11. The molecule has 6 rings (SSSR count). The van der Waals surface area contributed by atoms with Gasteiger partial charge in [0.15, 0.2) is 0 Å². The summed E-state index contributed by atoms with van der Waals surface area (Å²) < 4.78 is 0. The molecule has 0 nitrogen and oxygen atoms in total. The van der Waals surface area contributed by atoms with Gasteiger partial charge in [0, 0.05) is 0 Å². The van der Waals surface area contributed by atoms with E-state index >= 15 is 0 Å². The second kappa shape index (κ2) is 9.30. The third-order valence-corrected chi connectivity index (χ3v) is 8.23. The van der Waals surface area contributed by atoms with E-state index in [1.165, 1.54) is 88.3 Å². The molecule has 0 bridgehead atoms. The predicted octanol–water partition coefficient (Wildman–Crippen LogP) is 10.8. The van der Waals surface area contributed by atoms with Crippen LogP contribution in [-0.2, 0) is 0 Å². The van der Waals surface area contributed by atoms with Crippen LogP contribution in [-0.4, -0.2) is 0 Å². The van der Waals surface area contributed by atoms with Gasteiger partial charge < -0.3 is 0 Å². The van der Waals surface area contributed by atoms with E-state index in [0.29, 0.717) is 0 Å². The second-order valence-corrected chi connectivity index (χ2v) is 10.9. The molecule has 0 radical (unpaired) electrons. The summed E-state index contributed by atoms with van der Waals surface area (Å²) in [7, 11) is 0. The maximum atomic E-state index is 2.39. The molecule has 0 heterocycles. The Balaban J connectivity index is 1.79. The van der Waals surface area contributed by atoms with Gasteiger partial charge in [-0.05, 0) is 131 Å². The Morgan fingerprint density at radius 2 is 0.763 bits per heavy atom. The molecule has 0 amide bonds. The molecule has 0 aliphatic heterocycles. The second-order valence-electron chi connectivity index (χ2n) is 10.9. The van der Waals surface area contributed by atoms with E-state index in [2.05, 4.69) is 139 Å². The van der Waals surface area contributed by atoms with Gasteiger partial charge >= 0.3 is 0 Å². The fraction of sp³-hybridized carbons (Fsp3) is 0.158. The van der Waals surface area contributed by atoms with Crippen molar-refractivity contribution in [2.24, 2.45) is 0 Å². The average molecular weight is 491 g/mol. The van der Waals surface area contributed by atoms with Crippen LogP contribution in [0.1, 0.15) is 33.4 Å². The minimum atomic E-state index is 1.28. The molecule has 0 fully saturated rings. The molecule has 0 saturated heterocycles. The first kappa shape index (κ1) is 24.2. The Labute approximate surface area is 226 Å². The number of hydrogen-bond acceptors (Lipinski definition) is 0. The highest BCUT2D eigenvalue weighted by atomic mass is 14.2. The summed E-state index contributed by atoms with van der Waals surface area (Å²) in [5.74, 6) is 0. The third-order valence-electron chi connectivity index (χ3n) is 8.23. The van der Waals surface area contributed by atoms with Gasteiger partial charge in [-0.3, -0.25) is 0 Å². The summed E-state index contributed by atoms with van der Waals surface area (Å²) in [6, 6.07) is 36.2. The molecular weight excluding hydrogens is 456 g/mol. The van der Waals surface area contributed by atoms with Crippen molar-refractivity contribution in [1.29, 1.82) is 0 Å². The minimum Gasteiger partial charge on any atom is -0.0616 e. The number of fused-ring (bicyclic) bond motifs is 2. The van der Waals surface area contributed by atoms with Gasteiger partial charge in [0.1, 0.15) is 0 Å². The normalized spacial score (nSPS) is 11.4. The lowest BCUT2D eigenvalue weighted by Gasteiger charge is -2.23. The lowest BCUT2D eigenvalue weighted by molar-refractivity contribution is 1.36. The van der Waals surface area contributed by atoms with Crippen molar-refractivity contribution in [2.45, 2.75) is 41.5 Å². The average Bonchev–Trinajstić information content (AvgIpc) is 2.92. The molecule has 0 atom stereocenters. The third kappa shape index (κ3) is 3.92. The molecule has 0 aliphatic carbocycles. The molecule has 0 heteroatoms. The Morgan fingerprint density at radius 1 is 0.368 bits per heavy atom. The largest absolute Gasteiger partial charge is 0.0616 e. The van der Waals surface area contributed by atoms with E-state index < -0.39 is 0 Å². The van der Waals surface area contributed by atoms with Crippen molar-refractivity contribution < 1.29 is 0 Å². The van der Waals surface area contributed by atoms with Crippen molar-refractivity contribution >= 4 is 21.5 Å². The molecule has 38 heavy (non-hydrogen) atoms. The first-order chi connectivity index (χ1) is 18.3. The van der Waals surface area contributed by atoms with E-state index in [4.69, 9.17) is 0 Å². The standard InChI is InChI=1S/C38H34/c1-23-15-17-25(3)33(19-23)35-21-29-11-7-9-13-31(29)37(27(35)5)38-28(6)36(22-30-12-8-10-14-32(30)38)34-20-24(2)16-18-26(34)4/h7-22H,1-6H3. The lowest BCUT2D eigenvalue weighted by Crippen LogP contribution is -1.98. The Bertz CT molecular complexity index is 1730. The first-order valence-electron chi connectivity index (χ1n) is 13.5. The van der Waals surface area contributed by atoms with Gasteiger partial charge in [-0.15, -0.1) is 0 Å². The first-order valence-corrected chi connectivity index (χ1v) is 13.5. The van der Waals surface area contributed by atoms with Gasteiger partial charge in [0.05, 0.1) is 0 Å². The SMILES string of the molecule is Cc1ccc(C)c(-c2cc3ccccc3c(-c3c(C)c(-c4cc(C)ccc4C)cc4ccccc34)c2C)c1.